The summed E-state index contributed by atoms with van der Waals surface area (Å²) in [5.74, 6) is 6.74. The molecule has 0 atom stereocenters. The van der Waals surface area contributed by atoms with Crippen molar-refractivity contribution in [2.24, 2.45) is 17.9 Å². The molecule has 0 spiro atoms. The van der Waals surface area contributed by atoms with E-state index in [0.717, 1.165) is 23.9 Å². The van der Waals surface area contributed by atoms with Crippen LogP contribution in [0.1, 0.15) is 6.42 Å². The van der Waals surface area contributed by atoms with Crippen molar-refractivity contribution in [3.8, 4) is 0 Å². The zero-order valence-electron chi connectivity index (χ0n) is 9.34. The molecule has 0 saturated heterocycles. The highest BCUT2D eigenvalue weighted by molar-refractivity contribution is 7.99. The third-order valence-corrected chi connectivity index (χ3v) is 2.88. The molecule has 16 heavy (non-hydrogen) atoms. The van der Waals surface area contributed by atoms with Crippen molar-refractivity contribution in [1.82, 2.24) is 30.9 Å². The second-order valence-corrected chi connectivity index (χ2v) is 3.99. The van der Waals surface area contributed by atoms with Crippen molar-refractivity contribution in [2.45, 2.75) is 11.6 Å². The van der Waals surface area contributed by atoms with Gasteiger partial charge >= 0.3 is 0 Å². The van der Waals surface area contributed by atoms with Crippen molar-refractivity contribution in [3.05, 3.63) is 0 Å². The molecule has 1 rings (SSSR count). The van der Waals surface area contributed by atoms with Gasteiger partial charge in [-0.15, -0.1) is 5.10 Å². The second-order valence-electron chi connectivity index (χ2n) is 2.93. The number of hydrogen-bond donors (Lipinski definition) is 3. The number of rotatable bonds is 5. The number of aliphatic imine (C=N–C) groups is 1. The SMILES string of the molecule is CN=C(NN)NCCCSc1nnnn1C. The van der Waals surface area contributed by atoms with E-state index < -0.39 is 0 Å². The molecule has 1 aromatic heterocycles. The highest BCUT2D eigenvalue weighted by atomic mass is 32.2. The van der Waals surface area contributed by atoms with Crippen LogP contribution >= 0.6 is 11.8 Å². The van der Waals surface area contributed by atoms with Gasteiger partial charge in [0.15, 0.2) is 0 Å². The van der Waals surface area contributed by atoms with Crippen LogP contribution in [0.3, 0.4) is 0 Å². The fourth-order valence-electron chi connectivity index (χ4n) is 0.981. The Morgan fingerprint density at radius 1 is 1.62 bits per heavy atom. The van der Waals surface area contributed by atoms with E-state index in [1.165, 1.54) is 0 Å². The van der Waals surface area contributed by atoms with Crippen LogP contribution in [-0.4, -0.2) is 45.5 Å². The van der Waals surface area contributed by atoms with Gasteiger partial charge in [-0.1, -0.05) is 11.8 Å². The lowest BCUT2D eigenvalue weighted by Crippen LogP contribution is -2.41. The summed E-state index contributed by atoms with van der Waals surface area (Å²) in [7, 11) is 3.49. The van der Waals surface area contributed by atoms with Crippen molar-refractivity contribution in [3.63, 3.8) is 0 Å². The second kappa shape index (κ2) is 7.01. The molecule has 8 nitrogen and oxygen atoms in total. The van der Waals surface area contributed by atoms with E-state index in [-0.39, 0.29) is 0 Å². The van der Waals surface area contributed by atoms with Gasteiger partial charge < -0.3 is 5.32 Å². The standard InChI is InChI=1S/C7H16N8S/c1-9-6(11-8)10-4-3-5-16-7-12-13-14-15(7)2/h3-5,8H2,1-2H3,(H2,9,10,11). The molecule has 0 saturated carbocycles. The molecule has 0 amide bonds. The number of aryl methyl sites for hydroxylation is 1. The molecule has 1 heterocycles. The number of hydrogen-bond acceptors (Lipinski definition) is 6. The van der Waals surface area contributed by atoms with Gasteiger partial charge in [0, 0.05) is 26.4 Å². The molecule has 1 aromatic rings. The fourth-order valence-corrected chi connectivity index (χ4v) is 1.77. The van der Waals surface area contributed by atoms with Crippen molar-refractivity contribution < 1.29 is 0 Å². The van der Waals surface area contributed by atoms with E-state index in [9.17, 15) is 0 Å². The number of nitrogens with two attached hydrogens (primary N) is 1. The molecule has 4 N–H and O–H groups in total. The lowest BCUT2D eigenvalue weighted by molar-refractivity contribution is 0.664. The Labute approximate surface area is 98.0 Å². The monoisotopic (exact) mass is 244 g/mol. The summed E-state index contributed by atoms with van der Waals surface area (Å²) in [6, 6.07) is 0. The van der Waals surface area contributed by atoms with Crippen molar-refractivity contribution in [1.29, 1.82) is 0 Å². The lowest BCUT2D eigenvalue weighted by Gasteiger charge is -2.07. The van der Waals surface area contributed by atoms with Crippen LogP contribution in [0.5, 0.6) is 0 Å². The van der Waals surface area contributed by atoms with Gasteiger partial charge in [0.1, 0.15) is 0 Å². The van der Waals surface area contributed by atoms with E-state index in [1.807, 2.05) is 7.05 Å². The number of guanidine groups is 1. The fraction of sp³-hybridized carbons (Fsp3) is 0.714. The first-order valence-corrected chi connectivity index (χ1v) is 5.79. The first-order chi connectivity index (χ1) is 7.77. The molecule has 9 heteroatoms. The van der Waals surface area contributed by atoms with E-state index >= 15 is 0 Å². The Hall–Kier alpha value is -1.35. The van der Waals surface area contributed by atoms with Crippen LogP contribution in [0, 0.1) is 0 Å². The number of nitrogens with one attached hydrogen (secondary N) is 2. The van der Waals surface area contributed by atoms with Gasteiger partial charge in [0.25, 0.3) is 0 Å². The van der Waals surface area contributed by atoms with Crippen LogP contribution in [0.25, 0.3) is 0 Å². The number of thioether (sulfide) groups is 1. The topological polar surface area (TPSA) is 106 Å². The van der Waals surface area contributed by atoms with Gasteiger partial charge in [0.2, 0.25) is 11.1 Å². The summed E-state index contributed by atoms with van der Waals surface area (Å²) in [5, 5.41) is 15.0. The Bertz CT molecular complexity index is 335. The summed E-state index contributed by atoms with van der Waals surface area (Å²) in [6.45, 7) is 0.801. The number of nitrogens with zero attached hydrogens (tertiary/aromatic N) is 5. The van der Waals surface area contributed by atoms with Crippen LogP contribution < -0.4 is 16.6 Å². The summed E-state index contributed by atoms with van der Waals surface area (Å²) < 4.78 is 1.65. The van der Waals surface area contributed by atoms with Crippen LogP contribution in [0.15, 0.2) is 10.1 Å². The number of hydrazine groups is 1. The minimum atomic E-state index is 0.588. The maximum Gasteiger partial charge on any atom is 0.209 e. The first-order valence-electron chi connectivity index (χ1n) is 4.80. The highest BCUT2D eigenvalue weighted by Crippen LogP contribution is 2.12. The molecule has 0 bridgehead atoms. The predicted octanol–water partition coefficient (Wildman–Crippen LogP) is -1.27. The van der Waals surface area contributed by atoms with Gasteiger partial charge in [0.05, 0.1) is 0 Å². The average Bonchev–Trinajstić information content (AvgIpc) is 2.70. The van der Waals surface area contributed by atoms with E-state index in [2.05, 4.69) is 31.3 Å². The molecule has 0 aliphatic rings. The van der Waals surface area contributed by atoms with Gasteiger partial charge in [-0.3, -0.25) is 10.4 Å². The summed E-state index contributed by atoms with van der Waals surface area (Å²) in [5.41, 5.74) is 2.46. The largest absolute Gasteiger partial charge is 0.355 e. The van der Waals surface area contributed by atoms with Gasteiger partial charge in [-0.2, -0.15) is 0 Å². The zero-order chi connectivity index (χ0) is 11.8. The van der Waals surface area contributed by atoms with Crippen LogP contribution in [0.2, 0.25) is 0 Å². The normalized spacial score (nSPS) is 11.6. The average molecular weight is 244 g/mol. The summed E-state index contributed by atoms with van der Waals surface area (Å²) in [6.07, 6.45) is 0.970. The number of tetrazole rings is 1. The summed E-state index contributed by atoms with van der Waals surface area (Å²) in [4.78, 5) is 3.89. The quantitative estimate of drug-likeness (QED) is 0.148. The summed E-state index contributed by atoms with van der Waals surface area (Å²) >= 11 is 1.62. The maximum atomic E-state index is 5.22. The Morgan fingerprint density at radius 3 is 3.00 bits per heavy atom. The van der Waals surface area contributed by atoms with Gasteiger partial charge in [-0.05, 0) is 16.8 Å². The first kappa shape index (κ1) is 12.7. The Kier molecular flexibility index (Phi) is 5.57. The molecule has 0 radical (unpaired) electrons. The van der Waals surface area contributed by atoms with Crippen molar-refractivity contribution >= 4 is 17.7 Å². The Balaban J connectivity index is 2.11. The zero-order valence-corrected chi connectivity index (χ0v) is 10.2. The predicted molar refractivity (Wildman–Crippen MR) is 62.8 cm³/mol. The third kappa shape index (κ3) is 4.03. The van der Waals surface area contributed by atoms with Crippen LogP contribution in [-0.2, 0) is 7.05 Å². The van der Waals surface area contributed by atoms with E-state index in [1.54, 1.807) is 23.5 Å². The van der Waals surface area contributed by atoms with Gasteiger partial charge in [-0.25, -0.2) is 10.5 Å². The third-order valence-electron chi connectivity index (χ3n) is 1.79. The molecular weight excluding hydrogens is 228 g/mol. The van der Waals surface area contributed by atoms with E-state index in [4.69, 9.17) is 5.84 Å². The van der Waals surface area contributed by atoms with Crippen molar-refractivity contribution in [2.75, 3.05) is 19.3 Å². The molecule has 0 unspecified atom stereocenters. The van der Waals surface area contributed by atoms with E-state index in [0.29, 0.717) is 5.96 Å². The molecule has 0 aliphatic heterocycles. The minimum Gasteiger partial charge on any atom is -0.355 e. The smallest absolute Gasteiger partial charge is 0.209 e. The van der Waals surface area contributed by atoms with Crippen LogP contribution in [0.4, 0.5) is 0 Å². The Morgan fingerprint density at radius 2 is 2.44 bits per heavy atom. The molecular formula is C7H16N8S. The molecule has 90 valence electrons. The molecule has 0 aliphatic carbocycles. The lowest BCUT2D eigenvalue weighted by atomic mass is 10.5. The molecule has 0 aromatic carbocycles. The minimum absolute atomic E-state index is 0.588. The maximum absolute atomic E-state index is 5.22. The number of aromatic nitrogens is 4. The molecule has 0 fully saturated rings. The highest BCUT2D eigenvalue weighted by Gasteiger charge is 2.01.